The average molecular weight is 226 g/mol. The lowest BCUT2D eigenvalue weighted by atomic mass is 9.83. The highest BCUT2D eigenvalue weighted by molar-refractivity contribution is 4.98. The molecule has 0 radical (unpaired) electrons. The minimum atomic E-state index is -0.618. The van der Waals surface area contributed by atoms with Crippen molar-refractivity contribution in [3.05, 3.63) is 0 Å². The van der Waals surface area contributed by atoms with Crippen molar-refractivity contribution in [2.45, 2.75) is 45.1 Å². The van der Waals surface area contributed by atoms with Gasteiger partial charge >= 0.3 is 0 Å². The maximum atomic E-state index is 10.5. The quantitative estimate of drug-likeness (QED) is 0.757. The first-order chi connectivity index (χ1) is 7.45. The first-order valence-electron chi connectivity index (χ1n) is 6.60. The van der Waals surface area contributed by atoms with E-state index < -0.39 is 5.60 Å². The summed E-state index contributed by atoms with van der Waals surface area (Å²) >= 11 is 0. The summed E-state index contributed by atoms with van der Waals surface area (Å²) in [7, 11) is 0. The zero-order valence-electron chi connectivity index (χ0n) is 10.7. The predicted molar refractivity (Wildman–Crippen MR) is 66.2 cm³/mol. The summed E-state index contributed by atoms with van der Waals surface area (Å²) in [5, 5.41) is 10.5. The Morgan fingerprint density at radius 2 is 2.12 bits per heavy atom. The Kier molecular flexibility index (Phi) is 3.30. The molecular weight excluding hydrogens is 200 g/mol. The van der Waals surface area contributed by atoms with Gasteiger partial charge in [-0.15, -0.1) is 0 Å². The van der Waals surface area contributed by atoms with E-state index >= 15 is 0 Å². The molecule has 16 heavy (non-hydrogen) atoms. The first-order valence-corrected chi connectivity index (χ1v) is 6.60. The largest absolute Gasteiger partial charge is 0.387 e. The van der Waals surface area contributed by atoms with Gasteiger partial charge in [-0.25, -0.2) is 0 Å². The first kappa shape index (κ1) is 12.3. The van der Waals surface area contributed by atoms with Gasteiger partial charge in [0.2, 0.25) is 0 Å². The minimum absolute atomic E-state index is 0.400. The van der Waals surface area contributed by atoms with Crippen molar-refractivity contribution in [2.75, 3.05) is 26.2 Å². The third-order valence-corrected chi connectivity index (χ3v) is 4.17. The van der Waals surface area contributed by atoms with E-state index in [4.69, 9.17) is 5.73 Å². The van der Waals surface area contributed by atoms with E-state index in [1.165, 1.54) is 12.8 Å². The number of piperidine rings is 1. The van der Waals surface area contributed by atoms with Gasteiger partial charge in [0.1, 0.15) is 0 Å². The van der Waals surface area contributed by atoms with Gasteiger partial charge in [-0.3, -0.25) is 4.90 Å². The lowest BCUT2D eigenvalue weighted by molar-refractivity contribution is -0.0260. The van der Waals surface area contributed by atoms with Crippen LogP contribution < -0.4 is 5.73 Å². The molecule has 0 aromatic carbocycles. The molecule has 1 aliphatic carbocycles. The molecule has 1 saturated carbocycles. The van der Waals surface area contributed by atoms with E-state index in [1.54, 1.807) is 0 Å². The summed E-state index contributed by atoms with van der Waals surface area (Å²) in [6.45, 7) is 8.04. The van der Waals surface area contributed by atoms with Gasteiger partial charge in [-0.05, 0) is 43.6 Å². The van der Waals surface area contributed by atoms with Gasteiger partial charge in [0.05, 0.1) is 5.60 Å². The summed E-state index contributed by atoms with van der Waals surface area (Å²) in [5.41, 5.74) is 5.54. The van der Waals surface area contributed by atoms with E-state index in [0.29, 0.717) is 17.9 Å². The molecule has 2 aliphatic rings. The van der Waals surface area contributed by atoms with Gasteiger partial charge in [0.15, 0.2) is 0 Å². The maximum Gasteiger partial charge on any atom is 0.0923 e. The summed E-state index contributed by atoms with van der Waals surface area (Å²) < 4.78 is 0. The van der Waals surface area contributed by atoms with Crippen molar-refractivity contribution in [3.63, 3.8) is 0 Å². The smallest absolute Gasteiger partial charge is 0.0923 e. The second-order valence-corrected chi connectivity index (χ2v) is 6.56. The Morgan fingerprint density at radius 1 is 1.44 bits per heavy atom. The number of aliphatic hydroxyl groups is 1. The summed E-state index contributed by atoms with van der Waals surface area (Å²) in [4.78, 5) is 2.41. The van der Waals surface area contributed by atoms with Crippen LogP contribution in [0.5, 0.6) is 0 Å². The number of likely N-dealkylation sites (tertiary alicyclic amines) is 1. The molecule has 2 fully saturated rings. The molecule has 0 amide bonds. The van der Waals surface area contributed by atoms with Crippen molar-refractivity contribution in [3.8, 4) is 0 Å². The Hall–Kier alpha value is -0.120. The number of rotatable bonds is 4. The zero-order chi connectivity index (χ0) is 11.8. The zero-order valence-corrected chi connectivity index (χ0v) is 10.7. The summed E-state index contributed by atoms with van der Waals surface area (Å²) in [5.74, 6) is 0.461. The molecule has 0 bridgehead atoms. The van der Waals surface area contributed by atoms with Crippen LogP contribution in [0.4, 0.5) is 0 Å². The molecule has 3 nitrogen and oxygen atoms in total. The van der Waals surface area contributed by atoms with Crippen LogP contribution in [-0.2, 0) is 0 Å². The topological polar surface area (TPSA) is 49.5 Å². The van der Waals surface area contributed by atoms with Gasteiger partial charge < -0.3 is 10.8 Å². The highest BCUT2D eigenvalue weighted by Gasteiger charge is 2.44. The standard InChI is InChI=1S/C13H26N2O/c1-12(2)6-3-7-15(9-12)10-13(16,8-14)11-4-5-11/h11,16H,3-10,14H2,1-2H3. The number of β-amino-alcohol motifs (C(OH)–C–C–N with tert-alkyl or cyclic N) is 1. The lowest BCUT2D eigenvalue weighted by Gasteiger charge is -2.42. The van der Waals surface area contributed by atoms with Crippen molar-refractivity contribution in [1.29, 1.82) is 0 Å². The molecule has 94 valence electrons. The fourth-order valence-corrected chi connectivity index (χ4v) is 3.05. The Balaban J connectivity index is 1.92. The monoisotopic (exact) mass is 226 g/mol. The van der Waals surface area contributed by atoms with Crippen LogP contribution in [0.15, 0.2) is 0 Å². The van der Waals surface area contributed by atoms with E-state index in [9.17, 15) is 5.11 Å². The van der Waals surface area contributed by atoms with E-state index in [2.05, 4.69) is 18.7 Å². The third kappa shape index (κ3) is 2.76. The maximum absolute atomic E-state index is 10.5. The highest BCUT2D eigenvalue weighted by Crippen LogP contribution is 2.40. The fraction of sp³-hybridized carbons (Fsp3) is 1.00. The molecule has 1 saturated heterocycles. The molecule has 0 aromatic rings. The number of nitrogens with zero attached hydrogens (tertiary/aromatic N) is 1. The van der Waals surface area contributed by atoms with Crippen molar-refractivity contribution >= 4 is 0 Å². The van der Waals surface area contributed by atoms with Gasteiger partial charge in [-0.1, -0.05) is 13.8 Å². The van der Waals surface area contributed by atoms with Crippen LogP contribution in [0, 0.1) is 11.3 Å². The lowest BCUT2D eigenvalue weighted by Crippen LogP contribution is -2.53. The van der Waals surface area contributed by atoms with Gasteiger partial charge in [0, 0.05) is 19.6 Å². The van der Waals surface area contributed by atoms with E-state index in [0.717, 1.165) is 32.5 Å². The van der Waals surface area contributed by atoms with Gasteiger partial charge in [-0.2, -0.15) is 0 Å². The van der Waals surface area contributed by atoms with Crippen LogP contribution in [0.2, 0.25) is 0 Å². The number of hydrogen-bond donors (Lipinski definition) is 2. The normalized spacial score (nSPS) is 30.0. The Morgan fingerprint density at radius 3 is 2.62 bits per heavy atom. The van der Waals surface area contributed by atoms with E-state index in [1.807, 2.05) is 0 Å². The second kappa shape index (κ2) is 4.28. The van der Waals surface area contributed by atoms with Crippen molar-refractivity contribution in [1.82, 2.24) is 4.90 Å². The Labute approximate surface area is 99.0 Å². The molecule has 3 heteroatoms. The highest BCUT2D eigenvalue weighted by atomic mass is 16.3. The van der Waals surface area contributed by atoms with Crippen LogP contribution >= 0.6 is 0 Å². The SMILES string of the molecule is CC1(C)CCCN(CC(O)(CN)C2CC2)C1. The molecule has 3 N–H and O–H groups in total. The molecule has 1 atom stereocenters. The molecular formula is C13H26N2O. The fourth-order valence-electron chi connectivity index (χ4n) is 3.05. The van der Waals surface area contributed by atoms with Crippen LogP contribution in [0.1, 0.15) is 39.5 Å². The Bertz CT molecular complexity index is 250. The summed E-state index contributed by atoms with van der Waals surface area (Å²) in [6, 6.07) is 0. The van der Waals surface area contributed by atoms with Crippen LogP contribution in [-0.4, -0.2) is 41.8 Å². The van der Waals surface area contributed by atoms with Gasteiger partial charge in [0.25, 0.3) is 0 Å². The molecule has 0 spiro atoms. The van der Waals surface area contributed by atoms with Crippen molar-refractivity contribution < 1.29 is 5.11 Å². The summed E-state index contributed by atoms with van der Waals surface area (Å²) in [6.07, 6.45) is 4.86. The third-order valence-electron chi connectivity index (χ3n) is 4.17. The molecule has 1 unspecified atom stereocenters. The van der Waals surface area contributed by atoms with Crippen LogP contribution in [0.3, 0.4) is 0 Å². The second-order valence-electron chi connectivity index (χ2n) is 6.56. The molecule has 0 aromatic heterocycles. The number of nitrogens with two attached hydrogens (primary N) is 1. The van der Waals surface area contributed by atoms with Crippen LogP contribution in [0.25, 0.3) is 0 Å². The molecule has 1 heterocycles. The van der Waals surface area contributed by atoms with E-state index in [-0.39, 0.29) is 0 Å². The average Bonchev–Trinajstić information content (AvgIpc) is 2.99. The molecule has 1 aliphatic heterocycles. The minimum Gasteiger partial charge on any atom is -0.387 e. The predicted octanol–water partition coefficient (Wildman–Crippen LogP) is 1.21. The number of hydrogen-bond acceptors (Lipinski definition) is 3. The van der Waals surface area contributed by atoms with Crippen molar-refractivity contribution in [2.24, 2.45) is 17.1 Å². The molecule has 2 rings (SSSR count).